The minimum absolute atomic E-state index is 0.158. The molecular formula is C28H37F2N9O3S. The van der Waals surface area contributed by atoms with Crippen molar-refractivity contribution in [2.75, 3.05) is 72.1 Å². The summed E-state index contributed by atoms with van der Waals surface area (Å²) in [7, 11) is 0.00426. The summed E-state index contributed by atoms with van der Waals surface area (Å²) in [5, 5.41) is 18.0. The monoisotopic (exact) mass is 617 g/mol. The van der Waals surface area contributed by atoms with Crippen molar-refractivity contribution in [2.45, 2.75) is 44.4 Å². The molecule has 6 rings (SSSR count). The summed E-state index contributed by atoms with van der Waals surface area (Å²) >= 11 is 0. The predicted molar refractivity (Wildman–Crippen MR) is 161 cm³/mol. The molecule has 0 amide bonds. The number of anilines is 4. The number of alkyl halides is 2. The number of hydrogen-bond donors (Lipinski definition) is 2. The van der Waals surface area contributed by atoms with E-state index in [9.17, 15) is 17.2 Å². The third kappa shape index (κ3) is 6.51. The average Bonchev–Trinajstić information content (AvgIpc) is 3.53. The van der Waals surface area contributed by atoms with E-state index in [4.69, 9.17) is 10.1 Å². The van der Waals surface area contributed by atoms with Crippen LogP contribution < -0.4 is 19.4 Å². The van der Waals surface area contributed by atoms with Crippen molar-refractivity contribution >= 4 is 33.2 Å². The van der Waals surface area contributed by atoms with Crippen molar-refractivity contribution in [3.63, 3.8) is 0 Å². The number of benzene rings is 1. The van der Waals surface area contributed by atoms with E-state index in [1.807, 2.05) is 19.0 Å². The molecule has 3 aromatic rings. The Morgan fingerprint density at radius 2 is 1.63 bits per heavy atom. The van der Waals surface area contributed by atoms with Gasteiger partial charge in [-0.05, 0) is 49.3 Å². The van der Waals surface area contributed by atoms with Crippen molar-refractivity contribution in [3.8, 4) is 17.1 Å². The Kier molecular flexibility index (Phi) is 7.65. The fourth-order valence-electron chi connectivity index (χ4n) is 5.74. The summed E-state index contributed by atoms with van der Waals surface area (Å²) < 4.78 is 56.6. The SMILES string of the molecule is CN(C)c1cc(-c2cn(-c3ccc(NS(=O)(=O)CCO)cc3N3CCC4(CC3)CC4)nn2)nc(N2CCC(F)(F)CC2)n1. The number of halogens is 2. The molecule has 2 aliphatic heterocycles. The van der Waals surface area contributed by atoms with Crippen LogP contribution in [0.2, 0.25) is 0 Å². The van der Waals surface area contributed by atoms with Crippen molar-refractivity contribution < 1.29 is 22.3 Å². The first-order valence-corrected chi connectivity index (χ1v) is 16.2. The second kappa shape index (κ2) is 11.2. The van der Waals surface area contributed by atoms with Gasteiger partial charge in [0.15, 0.2) is 0 Å². The highest BCUT2D eigenvalue weighted by Crippen LogP contribution is 2.54. The number of piperidine rings is 2. The van der Waals surface area contributed by atoms with Crippen LogP contribution in [0, 0.1) is 5.41 Å². The zero-order valence-electron chi connectivity index (χ0n) is 24.4. The minimum Gasteiger partial charge on any atom is -0.395 e. The molecule has 1 spiro atoms. The molecule has 4 heterocycles. The van der Waals surface area contributed by atoms with Gasteiger partial charge in [0.25, 0.3) is 5.92 Å². The van der Waals surface area contributed by atoms with Crippen LogP contribution in [0.5, 0.6) is 0 Å². The Hall–Kier alpha value is -3.59. The summed E-state index contributed by atoms with van der Waals surface area (Å²) in [4.78, 5) is 15.1. The molecular weight excluding hydrogens is 580 g/mol. The van der Waals surface area contributed by atoms with E-state index in [1.54, 1.807) is 40.0 Å². The Labute approximate surface area is 249 Å². The third-order valence-electron chi connectivity index (χ3n) is 8.67. The van der Waals surface area contributed by atoms with Gasteiger partial charge in [0.1, 0.15) is 11.5 Å². The number of rotatable bonds is 9. The van der Waals surface area contributed by atoms with E-state index >= 15 is 0 Å². The van der Waals surface area contributed by atoms with Crippen LogP contribution >= 0.6 is 0 Å². The van der Waals surface area contributed by atoms with E-state index in [-0.39, 0.29) is 25.9 Å². The molecule has 2 N–H and O–H groups in total. The van der Waals surface area contributed by atoms with Gasteiger partial charge in [0.05, 0.1) is 41.3 Å². The highest BCUT2D eigenvalue weighted by atomic mass is 32.2. The summed E-state index contributed by atoms with van der Waals surface area (Å²) in [6.07, 6.45) is 5.94. The lowest BCUT2D eigenvalue weighted by Gasteiger charge is -2.35. The average molecular weight is 618 g/mol. The van der Waals surface area contributed by atoms with Gasteiger partial charge in [-0.3, -0.25) is 4.72 Å². The first-order valence-electron chi connectivity index (χ1n) is 14.6. The first-order chi connectivity index (χ1) is 20.4. The molecule has 43 heavy (non-hydrogen) atoms. The lowest BCUT2D eigenvalue weighted by atomic mass is 9.93. The Morgan fingerprint density at radius 3 is 2.28 bits per heavy atom. The molecule has 232 valence electrons. The van der Waals surface area contributed by atoms with Gasteiger partial charge < -0.3 is 19.8 Å². The van der Waals surface area contributed by atoms with Gasteiger partial charge in [-0.1, -0.05) is 5.21 Å². The molecule has 3 fully saturated rings. The van der Waals surface area contributed by atoms with Gasteiger partial charge in [0, 0.05) is 59.2 Å². The van der Waals surface area contributed by atoms with E-state index in [1.165, 1.54) is 12.8 Å². The lowest BCUT2D eigenvalue weighted by molar-refractivity contribution is -0.0222. The Morgan fingerprint density at radius 1 is 0.930 bits per heavy atom. The smallest absolute Gasteiger partial charge is 0.251 e. The molecule has 1 saturated carbocycles. The van der Waals surface area contributed by atoms with Crippen LogP contribution in [-0.4, -0.2) is 97.0 Å². The molecule has 1 aromatic carbocycles. The zero-order chi connectivity index (χ0) is 30.4. The van der Waals surface area contributed by atoms with Gasteiger partial charge >= 0.3 is 0 Å². The standard InChI is InChI=1S/C28H37F2N9O3S/c1-36(2)25-18-21(31-26(32-25)38-13-9-28(29,30)10-14-38)22-19-39(35-33-22)23-4-3-20(34-43(41,42)16-15-40)17-24(23)37-11-7-27(5-6-27)8-12-37/h3-4,17-19,34,40H,5-16H2,1-2H3. The highest BCUT2D eigenvalue weighted by Gasteiger charge is 2.44. The van der Waals surface area contributed by atoms with Crippen molar-refractivity contribution in [2.24, 2.45) is 5.41 Å². The largest absolute Gasteiger partial charge is 0.395 e. The van der Waals surface area contributed by atoms with Gasteiger partial charge in [0.2, 0.25) is 16.0 Å². The first kappa shape index (κ1) is 29.5. The molecule has 15 heteroatoms. The predicted octanol–water partition coefficient (Wildman–Crippen LogP) is 3.14. The maximum absolute atomic E-state index is 13.8. The summed E-state index contributed by atoms with van der Waals surface area (Å²) in [5.41, 5.74) is 3.42. The maximum atomic E-state index is 13.8. The molecule has 0 radical (unpaired) electrons. The normalized spacial score (nSPS) is 19.5. The quantitative estimate of drug-likeness (QED) is 0.369. The number of nitrogens with zero attached hydrogens (tertiary/aromatic N) is 8. The second-order valence-electron chi connectivity index (χ2n) is 12.0. The number of aliphatic hydroxyl groups is 1. The topological polar surface area (TPSA) is 133 Å². The van der Waals surface area contributed by atoms with Crippen LogP contribution in [0.3, 0.4) is 0 Å². The van der Waals surface area contributed by atoms with Crippen LogP contribution in [0.4, 0.5) is 31.9 Å². The van der Waals surface area contributed by atoms with Gasteiger partial charge in [-0.2, -0.15) is 4.98 Å². The molecule has 0 bridgehead atoms. The fraction of sp³-hybridized carbons (Fsp3) is 0.571. The maximum Gasteiger partial charge on any atom is 0.251 e. The van der Waals surface area contributed by atoms with Crippen LogP contribution in [0.25, 0.3) is 17.1 Å². The number of aliphatic hydroxyl groups excluding tert-OH is 1. The highest BCUT2D eigenvalue weighted by molar-refractivity contribution is 7.92. The summed E-state index contributed by atoms with van der Waals surface area (Å²) in [6.45, 7) is 1.53. The lowest BCUT2D eigenvalue weighted by Crippen LogP contribution is -2.40. The van der Waals surface area contributed by atoms with E-state index < -0.39 is 28.3 Å². The zero-order valence-corrected chi connectivity index (χ0v) is 25.2. The van der Waals surface area contributed by atoms with Gasteiger partial charge in [-0.15, -0.1) is 5.10 Å². The summed E-state index contributed by atoms with van der Waals surface area (Å²) in [6, 6.07) is 7.06. The summed E-state index contributed by atoms with van der Waals surface area (Å²) in [5.74, 6) is -2.08. The van der Waals surface area contributed by atoms with Crippen molar-refractivity contribution in [1.29, 1.82) is 0 Å². The molecule has 3 aliphatic rings. The number of aromatic nitrogens is 5. The van der Waals surface area contributed by atoms with Crippen LogP contribution in [0.1, 0.15) is 38.5 Å². The van der Waals surface area contributed by atoms with Crippen molar-refractivity contribution in [3.05, 3.63) is 30.5 Å². The Bertz CT molecular complexity index is 1570. The molecule has 2 saturated heterocycles. The van der Waals surface area contributed by atoms with Crippen LogP contribution in [-0.2, 0) is 10.0 Å². The number of nitrogens with one attached hydrogen (secondary N) is 1. The fourth-order valence-corrected chi connectivity index (χ4v) is 6.57. The second-order valence-corrected chi connectivity index (χ2v) is 13.9. The Balaban J connectivity index is 1.33. The van der Waals surface area contributed by atoms with Crippen molar-refractivity contribution in [1.82, 2.24) is 25.0 Å². The van der Waals surface area contributed by atoms with E-state index in [0.717, 1.165) is 37.3 Å². The minimum atomic E-state index is -3.70. The molecule has 0 atom stereocenters. The third-order valence-corrected chi connectivity index (χ3v) is 9.94. The molecule has 0 unspecified atom stereocenters. The van der Waals surface area contributed by atoms with Crippen LogP contribution in [0.15, 0.2) is 30.5 Å². The molecule has 12 nitrogen and oxygen atoms in total. The van der Waals surface area contributed by atoms with E-state index in [0.29, 0.717) is 34.3 Å². The molecule has 1 aliphatic carbocycles. The van der Waals surface area contributed by atoms with E-state index in [2.05, 4.69) is 24.9 Å². The molecule has 2 aromatic heterocycles. The van der Waals surface area contributed by atoms with Gasteiger partial charge in [-0.25, -0.2) is 26.9 Å². The number of sulfonamides is 1. The number of hydrogen-bond acceptors (Lipinski definition) is 10.